The first-order valence-electron chi connectivity index (χ1n) is 6.03. The van der Waals surface area contributed by atoms with Gasteiger partial charge in [-0.1, -0.05) is 18.2 Å². The minimum atomic E-state index is -0.359. The van der Waals surface area contributed by atoms with Gasteiger partial charge in [-0.25, -0.2) is 5.01 Å². The van der Waals surface area contributed by atoms with E-state index in [0.29, 0.717) is 11.3 Å². The lowest BCUT2D eigenvalue weighted by Crippen LogP contribution is -2.45. The minimum Gasteiger partial charge on any atom is -0.508 e. The van der Waals surface area contributed by atoms with Crippen LogP contribution in [0.25, 0.3) is 0 Å². The summed E-state index contributed by atoms with van der Waals surface area (Å²) in [7, 11) is 0. The second kappa shape index (κ2) is 5.88. The zero-order valence-electron chi connectivity index (χ0n) is 10.9. The van der Waals surface area contributed by atoms with Crippen molar-refractivity contribution in [3.8, 4) is 5.75 Å². The van der Waals surface area contributed by atoms with Crippen LogP contribution in [0, 0.1) is 0 Å². The number of rotatable bonds is 2. The Bertz CT molecular complexity index is 609. The smallest absolute Gasteiger partial charge is 0.277 e. The number of nitrogens with zero attached hydrogens (tertiary/aromatic N) is 1. The summed E-state index contributed by atoms with van der Waals surface area (Å²) in [5, 5.41) is 10.4. The molecule has 0 saturated carbocycles. The summed E-state index contributed by atoms with van der Waals surface area (Å²) in [6.45, 7) is 1.33. The van der Waals surface area contributed by atoms with E-state index in [9.17, 15) is 14.7 Å². The zero-order chi connectivity index (χ0) is 14.5. The normalized spacial score (nSPS) is 9.85. The highest BCUT2D eigenvalue weighted by Crippen LogP contribution is 2.19. The molecule has 2 amide bonds. The fraction of sp³-hybridized carbons (Fsp3) is 0.0667. The van der Waals surface area contributed by atoms with Crippen LogP contribution in [0.2, 0.25) is 0 Å². The van der Waals surface area contributed by atoms with Gasteiger partial charge in [0.15, 0.2) is 0 Å². The number of hydrogen-bond donors (Lipinski definition) is 2. The molecule has 0 aromatic heterocycles. The number of phenolic OH excluding ortho intramolecular Hbond substituents is 1. The molecular weight excluding hydrogens is 256 g/mol. The number of aromatic hydroxyl groups is 1. The van der Waals surface area contributed by atoms with E-state index < -0.39 is 0 Å². The number of nitrogens with one attached hydrogen (secondary N) is 1. The molecule has 5 heteroatoms. The summed E-state index contributed by atoms with van der Waals surface area (Å²) < 4.78 is 0. The van der Waals surface area contributed by atoms with Gasteiger partial charge in [0, 0.05) is 12.5 Å². The van der Waals surface area contributed by atoms with Gasteiger partial charge in [0.05, 0.1) is 5.69 Å². The summed E-state index contributed by atoms with van der Waals surface area (Å²) in [5.74, 6) is -0.627. The first kappa shape index (κ1) is 13.6. The summed E-state index contributed by atoms with van der Waals surface area (Å²) in [6.07, 6.45) is 0. The Labute approximate surface area is 116 Å². The number of benzene rings is 2. The van der Waals surface area contributed by atoms with Crippen molar-refractivity contribution in [2.45, 2.75) is 6.92 Å². The van der Waals surface area contributed by atoms with Crippen molar-refractivity contribution in [1.29, 1.82) is 0 Å². The van der Waals surface area contributed by atoms with Crippen molar-refractivity contribution < 1.29 is 14.7 Å². The second-order valence-electron chi connectivity index (χ2n) is 4.19. The second-order valence-corrected chi connectivity index (χ2v) is 4.19. The minimum absolute atomic E-state index is 0.0867. The number of anilines is 1. The Balaban J connectivity index is 2.35. The molecule has 5 nitrogen and oxygen atoms in total. The Hall–Kier alpha value is -2.82. The lowest BCUT2D eigenvalue weighted by Gasteiger charge is -2.22. The number of hydrogen-bond acceptors (Lipinski definition) is 3. The molecule has 0 aliphatic heterocycles. The van der Waals surface area contributed by atoms with Gasteiger partial charge >= 0.3 is 0 Å². The van der Waals surface area contributed by atoms with E-state index in [0.717, 1.165) is 5.01 Å². The van der Waals surface area contributed by atoms with Crippen LogP contribution in [0.1, 0.15) is 17.3 Å². The predicted molar refractivity (Wildman–Crippen MR) is 75.2 cm³/mol. The summed E-state index contributed by atoms with van der Waals surface area (Å²) in [4.78, 5) is 23.7. The third-order valence-corrected chi connectivity index (χ3v) is 2.60. The van der Waals surface area contributed by atoms with Crippen LogP contribution in [-0.2, 0) is 4.79 Å². The first-order valence-corrected chi connectivity index (χ1v) is 6.03. The third-order valence-electron chi connectivity index (χ3n) is 2.60. The number of hydrazine groups is 1. The van der Waals surface area contributed by atoms with Gasteiger partial charge in [-0.15, -0.1) is 0 Å². The van der Waals surface area contributed by atoms with Gasteiger partial charge in [-0.05, 0) is 36.4 Å². The van der Waals surface area contributed by atoms with Crippen LogP contribution in [-0.4, -0.2) is 16.9 Å². The molecule has 0 atom stereocenters. The van der Waals surface area contributed by atoms with Crippen LogP contribution in [0.5, 0.6) is 5.75 Å². The highest BCUT2D eigenvalue weighted by molar-refractivity contribution is 6.07. The predicted octanol–water partition coefficient (Wildman–Crippen LogP) is 2.09. The van der Waals surface area contributed by atoms with Crippen molar-refractivity contribution >= 4 is 17.5 Å². The van der Waals surface area contributed by atoms with Crippen molar-refractivity contribution in [2.24, 2.45) is 0 Å². The van der Waals surface area contributed by atoms with Gasteiger partial charge in [0.2, 0.25) is 5.91 Å². The van der Waals surface area contributed by atoms with E-state index in [1.165, 1.54) is 19.1 Å². The number of carbonyl (C=O) groups excluding carboxylic acids is 2. The Morgan fingerprint density at radius 3 is 2.15 bits per heavy atom. The highest BCUT2D eigenvalue weighted by atomic mass is 16.3. The molecule has 2 aromatic carbocycles. The number of phenols is 1. The molecule has 0 radical (unpaired) electrons. The molecule has 0 heterocycles. The van der Waals surface area contributed by atoms with Crippen molar-refractivity contribution in [1.82, 2.24) is 5.43 Å². The van der Waals surface area contributed by atoms with Crippen molar-refractivity contribution in [2.75, 3.05) is 5.01 Å². The summed E-state index contributed by atoms with van der Waals surface area (Å²) >= 11 is 0. The molecule has 102 valence electrons. The van der Waals surface area contributed by atoms with E-state index in [1.54, 1.807) is 42.5 Å². The van der Waals surface area contributed by atoms with E-state index in [1.807, 2.05) is 0 Å². The monoisotopic (exact) mass is 270 g/mol. The molecular formula is C15H14N2O3. The van der Waals surface area contributed by atoms with E-state index in [4.69, 9.17) is 0 Å². The molecule has 2 N–H and O–H groups in total. The van der Waals surface area contributed by atoms with Gasteiger partial charge < -0.3 is 5.11 Å². The number of carbonyl (C=O) groups is 2. The molecule has 2 rings (SSSR count). The molecule has 20 heavy (non-hydrogen) atoms. The molecule has 2 aromatic rings. The Morgan fingerprint density at radius 1 is 1.00 bits per heavy atom. The maximum atomic E-state index is 12.4. The molecule has 0 fully saturated rings. The topological polar surface area (TPSA) is 69.6 Å². The van der Waals surface area contributed by atoms with Gasteiger partial charge in [-0.3, -0.25) is 15.0 Å². The SMILES string of the molecule is CC(=O)NN(C(=O)c1ccccc1)c1ccc(O)cc1. The highest BCUT2D eigenvalue weighted by Gasteiger charge is 2.18. The van der Waals surface area contributed by atoms with Crippen LogP contribution >= 0.6 is 0 Å². The molecule has 0 aliphatic rings. The van der Waals surface area contributed by atoms with E-state index in [-0.39, 0.29) is 17.6 Å². The maximum absolute atomic E-state index is 12.4. The largest absolute Gasteiger partial charge is 0.508 e. The fourth-order valence-electron chi connectivity index (χ4n) is 1.70. The quantitative estimate of drug-likeness (QED) is 0.821. The molecule has 0 aliphatic carbocycles. The fourth-order valence-corrected chi connectivity index (χ4v) is 1.70. The Kier molecular flexibility index (Phi) is 4.00. The average molecular weight is 270 g/mol. The van der Waals surface area contributed by atoms with Crippen LogP contribution in [0.3, 0.4) is 0 Å². The van der Waals surface area contributed by atoms with E-state index in [2.05, 4.69) is 5.43 Å². The lowest BCUT2D eigenvalue weighted by atomic mass is 10.2. The van der Waals surface area contributed by atoms with Gasteiger partial charge in [0.1, 0.15) is 5.75 Å². The van der Waals surface area contributed by atoms with Crippen LogP contribution < -0.4 is 10.4 Å². The van der Waals surface area contributed by atoms with Crippen LogP contribution in [0.15, 0.2) is 54.6 Å². The molecule has 0 bridgehead atoms. The average Bonchev–Trinajstić information content (AvgIpc) is 2.46. The molecule has 0 spiro atoms. The van der Waals surface area contributed by atoms with Crippen molar-refractivity contribution in [3.63, 3.8) is 0 Å². The summed E-state index contributed by atoms with van der Waals surface area (Å²) in [5.41, 5.74) is 3.39. The standard InChI is InChI=1S/C15H14N2O3/c1-11(18)16-17(13-7-9-14(19)10-8-13)15(20)12-5-3-2-4-6-12/h2-10,19H,1H3,(H,16,18). The van der Waals surface area contributed by atoms with Gasteiger partial charge in [-0.2, -0.15) is 0 Å². The van der Waals surface area contributed by atoms with Gasteiger partial charge in [0.25, 0.3) is 5.91 Å². The van der Waals surface area contributed by atoms with Crippen LogP contribution in [0.4, 0.5) is 5.69 Å². The zero-order valence-corrected chi connectivity index (χ0v) is 10.9. The summed E-state index contributed by atoms with van der Waals surface area (Å²) in [6, 6.07) is 14.6. The third kappa shape index (κ3) is 3.14. The first-order chi connectivity index (χ1) is 9.58. The number of amides is 2. The maximum Gasteiger partial charge on any atom is 0.277 e. The molecule has 0 saturated heterocycles. The molecule has 0 unspecified atom stereocenters. The van der Waals surface area contributed by atoms with Crippen molar-refractivity contribution in [3.05, 3.63) is 60.2 Å². The Morgan fingerprint density at radius 2 is 1.60 bits per heavy atom. The lowest BCUT2D eigenvalue weighted by molar-refractivity contribution is -0.119. The van der Waals surface area contributed by atoms with E-state index >= 15 is 0 Å².